The minimum Gasteiger partial charge on any atom is -0.494 e. The molecule has 232 valence electrons. The lowest BCUT2D eigenvalue weighted by Gasteiger charge is -2.15. The second kappa shape index (κ2) is 16.1. The molecule has 0 saturated heterocycles. The number of carboxylic acid groups (broad SMARTS) is 2. The summed E-state index contributed by atoms with van der Waals surface area (Å²) in [6.07, 6.45) is 5.99. The highest BCUT2D eigenvalue weighted by Crippen LogP contribution is 2.30. The first-order chi connectivity index (χ1) is 20.4. The number of rotatable bonds is 18. The highest BCUT2D eigenvalue weighted by molar-refractivity contribution is 7.90. The van der Waals surface area contributed by atoms with Crippen LogP contribution in [0.4, 0.5) is 4.39 Å². The van der Waals surface area contributed by atoms with Crippen molar-refractivity contribution in [1.29, 1.82) is 0 Å². The summed E-state index contributed by atoms with van der Waals surface area (Å²) in [7, 11) is -3.49. The lowest BCUT2D eigenvalue weighted by atomic mass is 9.97. The minimum absolute atomic E-state index is 0.00607. The van der Waals surface area contributed by atoms with E-state index in [1.54, 1.807) is 37.3 Å². The van der Waals surface area contributed by atoms with Crippen LogP contribution in [-0.2, 0) is 32.3 Å². The Morgan fingerprint density at radius 2 is 1.51 bits per heavy atom. The molecule has 0 radical (unpaired) electrons. The molecule has 43 heavy (non-hydrogen) atoms. The number of ether oxygens (including phenoxy) is 2. The van der Waals surface area contributed by atoms with Crippen molar-refractivity contribution in [2.24, 2.45) is 0 Å². The number of aliphatic carboxylic acids is 2. The van der Waals surface area contributed by atoms with Crippen molar-refractivity contribution in [3.05, 3.63) is 77.1 Å². The number of unbranched alkanes of at least 4 members (excludes halogenated alkanes) is 3. The van der Waals surface area contributed by atoms with E-state index < -0.39 is 21.8 Å². The number of hydrogen-bond acceptors (Lipinski definition) is 6. The van der Waals surface area contributed by atoms with E-state index in [0.29, 0.717) is 47.6 Å². The molecule has 0 aliphatic carbocycles. The van der Waals surface area contributed by atoms with E-state index in [9.17, 15) is 27.5 Å². The summed E-state index contributed by atoms with van der Waals surface area (Å²) in [5.41, 5.74) is 3.67. The SMILES string of the molecule is Cc1cc(-c2cc(OCCCCCCc3cccc(OCCCC(=O)O)c3CCC(=O)O)cc(S(C)(=O)=O)c2)ccc1F. The maximum atomic E-state index is 13.8. The normalized spacial score (nSPS) is 11.3. The van der Waals surface area contributed by atoms with Gasteiger partial charge in [0.15, 0.2) is 9.84 Å². The standard InChI is InChI=1S/C33H39FO8S/c1-23-19-25(13-15-30(23)34)26-20-27(22-28(21-26)43(2,39)40)41-17-6-4-3-5-9-24-10-7-11-31(29(24)14-16-33(37)38)42-18-8-12-32(35)36/h7,10-11,13,15,19-22H,3-6,8-9,12,14,16-18H2,1-2H3,(H,35,36)(H,37,38). The van der Waals surface area contributed by atoms with Crippen LogP contribution in [0.5, 0.6) is 11.5 Å². The summed E-state index contributed by atoms with van der Waals surface area (Å²) in [5.74, 6) is -1.08. The van der Waals surface area contributed by atoms with Crippen LogP contribution in [0.2, 0.25) is 0 Å². The average Bonchev–Trinajstić information content (AvgIpc) is 2.94. The zero-order valence-electron chi connectivity index (χ0n) is 24.6. The largest absolute Gasteiger partial charge is 0.494 e. The lowest BCUT2D eigenvalue weighted by molar-refractivity contribution is -0.138. The zero-order valence-corrected chi connectivity index (χ0v) is 25.4. The van der Waals surface area contributed by atoms with Crippen LogP contribution in [0.15, 0.2) is 59.5 Å². The molecule has 3 aromatic carbocycles. The first-order valence-corrected chi connectivity index (χ1v) is 16.2. The van der Waals surface area contributed by atoms with Crippen LogP contribution in [0.25, 0.3) is 11.1 Å². The van der Waals surface area contributed by atoms with Crippen LogP contribution in [-0.4, -0.2) is 50.0 Å². The predicted octanol–water partition coefficient (Wildman–Crippen LogP) is 6.65. The van der Waals surface area contributed by atoms with Gasteiger partial charge >= 0.3 is 11.9 Å². The third-order valence-electron chi connectivity index (χ3n) is 7.02. The van der Waals surface area contributed by atoms with Crippen LogP contribution < -0.4 is 9.47 Å². The smallest absolute Gasteiger partial charge is 0.303 e. The Kier molecular flexibility index (Phi) is 12.5. The van der Waals surface area contributed by atoms with Gasteiger partial charge in [0.05, 0.1) is 18.1 Å². The van der Waals surface area contributed by atoms with Crippen LogP contribution in [0.3, 0.4) is 0 Å². The second-order valence-corrected chi connectivity index (χ2v) is 12.6. The molecule has 0 aliphatic rings. The zero-order chi connectivity index (χ0) is 31.4. The molecule has 0 atom stereocenters. The molecule has 0 amide bonds. The van der Waals surface area contributed by atoms with Gasteiger partial charge in [-0.2, -0.15) is 0 Å². The molecule has 0 spiro atoms. The maximum absolute atomic E-state index is 13.8. The van der Waals surface area contributed by atoms with Gasteiger partial charge in [-0.1, -0.05) is 31.0 Å². The molecule has 0 aliphatic heterocycles. The molecule has 0 heterocycles. The monoisotopic (exact) mass is 614 g/mol. The number of halogens is 1. The van der Waals surface area contributed by atoms with E-state index in [4.69, 9.17) is 14.6 Å². The first-order valence-electron chi connectivity index (χ1n) is 14.4. The Bertz CT molecular complexity index is 1520. The van der Waals surface area contributed by atoms with Crippen molar-refractivity contribution in [3.8, 4) is 22.6 Å². The van der Waals surface area contributed by atoms with E-state index in [-0.39, 0.29) is 30.2 Å². The third kappa shape index (κ3) is 11.0. The third-order valence-corrected chi connectivity index (χ3v) is 8.11. The first kappa shape index (κ1) is 33.6. The molecule has 0 fully saturated rings. The summed E-state index contributed by atoms with van der Waals surface area (Å²) in [6, 6.07) is 15.1. The Morgan fingerprint density at radius 1 is 0.791 bits per heavy atom. The fraction of sp³-hybridized carbons (Fsp3) is 0.394. The molecule has 0 aromatic heterocycles. The van der Waals surface area contributed by atoms with E-state index in [1.165, 1.54) is 12.1 Å². The fourth-order valence-corrected chi connectivity index (χ4v) is 5.39. The molecular weight excluding hydrogens is 575 g/mol. The summed E-state index contributed by atoms with van der Waals surface area (Å²) in [6.45, 7) is 2.30. The topological polar surface area (TPSA) is 127 Å². The minimum atomic E-state index is -3.49. The van der Waals surface area contributed by atoms with Gasteiger partial charge in [0.1, 0.15) is 17.3 Å². The molecule has 2 N–H and O–H groups in total. The van der Waals surface area contributed by atoms with Crippen molar-refractivity contribution in [1.82, 2.24) is 0 Å². The van der Waals surface area contributed by atoms with Gasteiger partial charge in [-0.25, -0.2) is 12.8 Å². The van der Waals surface area contributed by atoms with Gasteiger partial charge in [0.2, 0.25) is 0 Å². The molecule has 8 nitrogen and oxygen atoms in total. The van der Waals surface area contributed by atoms with Crippen LogP contribution >= 0.6 is 0 Å². The molecule has 3 aromatic rings. The van der Waals surface area contributed by atoms with Crippen molar-refractivity contribution in [2.75, 3.05) is 19.5 Å². The van der Waals surface area contributed by atoms with Crippen molar-refractivity contribution < 1.29 is 42.1 Å². The lowest BCUT2D eigenvalue weighted by Crippen LogP contribution is -2.07. The molecular formula is C33H39FO8S. The van der Waals surface area contributed by atoms with Gasteiger partial charge in [0.25, 0.3) is 0 Å². The summed E-state index contributed by atoms with van der Waals surface area (Å²) >= 11 is 0. The number of sulfone groups is 1. The van der Waals surface area contributed by atoms with Crippen molar-refractivity contribution in [2.45, 2.75) is 69.6 Å². The van der Waals surface area contributed by atoms with Crippen molar-refractivity contribution >= 4 is 21.8 Å². The summed E-state index contributed by atoms with van der Waals surface area (Å²) in [4.78, 5) is 22.1. The molecule has 0 bridgehead atoms. The maximum Gasteiger partial charge on any atom is 0.303 e. The Morgan fingerprint density at radius 3 is 2.21 bits per heavy atom. The van der Waals surface area contributed by atoms with Crippen molar-refractivity contribution in [3.63, 3.8) is 0 Å². The van der Waals surface area contributed by atoms with Crippen LogP contribution in [0, 0.1) is 12.7 Å². The van der Waals surface area contributed by atoms with E-state index in [0.717, 1.165) is 49.5 Å². The van der Waals surface area contributed by atoms with Crippen LogP contribution in [0.1, 0.15) is 61.6 Å². The summed E-state index contributed by atoms with van der Waals surface area (Å²) < 4.78 is 50.1. The second-order valence-electron chi connectivity index (χ2n) is 10.6. The highest BCUT2D eigenvalue weighted by atomic mass is 32.2. The molecule has 3 rings (SSSR count). The van der Waals surface area contributed by atoms with E-state index in [2.05, 4.69) is 0 Å². The number of benzene rings is 3. The highest BCUT2D eigenvalue weighted by Gasteiger charge is 2.14. The Labute approximate surface area is 252 Å². The van der Waals surface area contributed by atoms with Gasteiger partial charge in [-0.05, 0) is 103 Å². The summed E-state index contributed by atoms with van der Waals surface area (Å²) in [5, 5.41) is 18.0. The van der Waals surface area contributed by atoms with Gasteiger partial charge in [0, 0.05) is 19.1 Å². The Balaban J connectivity index is 1.55. The molecule has 10 heteroatoms. The number of carboxylic acids is 2. The molecule has 0 saturated carbocycles. The molecule has 0 unspecified atom stereocenters. The van der Waals surface area contributed by atoms with Gasteiger partial charge in [-0.15, -0.1) is 0 Å². The Hall–Kier alpha value is -3.92. The number of carbonyl (C=O) groups is 2. The average molecular weight is 615 g/mol. The predicted molar refractivity (Wildman–Crippen MR) is 162 cm³/mol. The number of hydrogen-bond donors (Lipinski definition) is 2. The van der Waals surface area contributed by atoms with Gasteiger partial charge in [-0.3, -0.25) is 9.59 Å². The van der Waals surface area contributed by atoms with E-state index in [1.807, 2.05) is 12.1 Å². The van der Waals surface area contributed by atoms with Gasteiger partial charge < -0.3 is 19.7 Å². The quantitative estimate of drug-likeness (QED) is 0.153. The van der Waals surface area contributed by atoms with E-state index >= 15 is 0 Å². The number of aryl methyl sites for hydroxylation is 2. The fourth-order valence-electron chi connectivity index (χ4n) is 4.72.